The minimum absolute atomic E-state index is 0.614. The Morgan fingerprint density at radius 2 is 2.18 bits per heavy atom. The van der Waals surface area contributed by atoms with Gasteiger partial charge in [-0.15, -0.1) is 0 Å². The molecule has 1 aromatic heterocycles. The molecule has 0 radical (unpaired) electrons. The van der Waals surface area contributed by atoms with Crippen molar-refractivity contribution >= 4 is 11.8 Å². The number of anilines is 2. The average Bonchev–Trinajstić information content (AvgIpc) is 2.33. The van der Waals surface area contributed by atoms with E-state index in [9.17, 15) is 0 Å². The van der Waals surface area contributed by atoms with Gasteiger partial charge >= 0.3 is 0 Å². The molecule has 0 spiro atoms. The van der Waals surface area contributed by atoms with E-state index in [4.69, 9.17) is 4.74 Å². The highest BCUT2D eigenvalue weighted by molar-refractivity contribution is 5.38. The topological polar surface area (TPSA) is 62.3 Å². The maximum absolute atomic E-state index is 5.46. The fraction of sp³-hybridized carbons (Fsp3) is 0.636. The maximum atomic E-state index is 5.46. The number of nitrogens with one attached hydrogen (secondary N) is 2. The van der Waals surface area contributed by atoms with Gasteiger partial charge in [-0.05, 0) is 20.2 Å². The fourth-order valence-corrected chi connectivity index (χ4v) is 1.18. The van der Waals surface area contributed by atoms with E-state index in [-0.39, 0.29) is 0 Å². The lowest BCUT2D eigenvalue weighted by Crippen LogP contribution is -2.20. The minimum atomic E-state index is 0.614. The summed E-state index contributed by atoms with van der Waals surface area (Å²) in [7, 11) is 5.85. The van der Waals surface area contributed by atoms with Crippen LogP contribution in [-0.4, -0.2) is 62.3 Å². The molecule has 0 saturated carbocycles. The second kappa shape index (κ2) is 7.81. The summed E-state index contributed by atoms with van der Waals surface area (Å²) in [6.07, 6.45) is 1.72. The normalized spacial score (nSPS) is 10.6. The zero-order chi connectivity index (χ0) is 12.5. The van der Waals surface area contributed by atoms with Crippen LogP contribution in [-0.2, 0) is 4.74 Å². The van der Waals surface area contributed by atoms with E-state index < -0.39 is 0 Å². The predicted octanol–water partition coefficient (Wildman–Crippen LogP) is 0.508. The molecule has 0 saturated heterocycles. The van der Waals surface area contributed by atoms with Crippen LogP contribution in [0.5, 0.6) is 0 Å². The van der Waals surface area contributed by atoms with Crippen molar-refractivity contribution in [1.82, 2.24) is 14.9 Å². The molecule has 0 fully saturated rings. The number of rotatable bonds is 8. The van der Waals surface area contributed by atoms with Crippen LogP contribution in [0.2, 0.25) is 0 Å². The third-order valence-electron chi connectivity index (χ3n) is 2.11. The smallest absolute Gasteiger partial charge is 0.224 e. The summed E-state index contributed by atoms with van der Waals surface area (Å²) in [4.78, 5) is 10.4. The zero-order valence-corrected chi connectivity index (χ0v) is 10.7. The van der Waals surface area contributed by atoms with E-state index in [1.165, 1.54) is 0 Å². The van der Waals surface area contributed by atoms with E-state index in [0.717, 1.165) is 25.5 Å². The number of likely N-dealkylation sites (N-methyl/N-ethyl adjacent to an activating group) is 1. The van der Waals surface area contributed by atoms with Crippen LogP contribution in [0.25, 0.3) is 0 Å². The Morgan fingerprint density at radius 3 is 2.88 bits per heavy atom. The quantitative estimate of drug-likeness (QED) is 0.644. The van der Waals surface area contributed by atoms with Crippen molar-refractivity contribution in [2.75, 3.05) is 58.1 Å². The number of hydrogen-bond acceptors (Lipinski definition) is 6. The van der Waals surface area contributed by atoms with Crippen LogP contribution in [0.4, 0.5) is 11.8 Å². The van der Waals surface area contributed by atoms with Crippen LogP contribution in [0.1, 0.15) is 0 Å². The first-order valence-corrected chi connectivity index (χ1v) is 5.69. The lowest BCUT2D eigenvalue weighted by Gasteiger charge is -2.10. The van der Waals surface area contributed by atoms with E-state index >= 15 is 0 Å². The van der Waals surface area contributed by atoms with Gasteiger partial charge in [0.15, 0.2) is 0 Å². The summed E-state index contributed by atoms with van der Waals surface area (Å²) < 4.78 is 5.46. The Bertz CT molecular complexity index is 318. The van der Waals surface area contributed by atoms with E-state index in [0.29, 0.717) is 12.6 Å². The van der Waals surface area contributed by atoms with Crippen LogP contribution in [0.3, 0.4) is 0 Å². The Kier molecular flexibility index (Phi) is 6.27. The van der Waals surface area contributed by atoms with Crippen molar-refractivity contribution in [1.29, 1.82) is 0 Å². The summed E-state index contributed by atoms with van der Waals surface area (Å²) >= 11 is 0. The van der Waals surface area contributed by atoms with Crippen molar-refractivity contribution in [2.24, 2.45) is 0 Å². The molecule has 0 aliphatic heterocycles. The highest BCUT2D eigenvalue weighted by Crippen LogP contribution is 2.03. The number of hydrogen-bond donors (Lipinski definition) is 2. The van der Waals surface area contributed by atoms with Gasteiger partial charge in [-0.2, -0.15) is 4.98 Å². The molecule has 0 atom stereocenters. The van der Waals surface area contributed by atoms with Crippen molar-refractivity contribution in [2.45, 2.75) is 0 Å². The van der Waals surface area contributed by atoms with Crippen LogP contribution in [0, 0.1) is 0 Å². The van der Waals surface area contributed by atoms with Gasteiger partial charge in [0.05, 0.1) is 13.2 Å². The lowest BCUT2D eigenvalue weighted by atomic mass is 10.5. The number of aromatic nitrogens is 2. The maximum Gasteiger partial charge on any atom is 0.224 e. The number of nitrogens with zero attached hydrogens (tertiary/aromatic N) is 3. The molecule has 6 nitrogen and oxygen atoms in total. The van der Waals surface area contributed by atoms with E-state index in [1.54, 1.807) is 13.2 Å². The largest absolute Gasteiger partial charge is 0.378 e. The lowest BCUT2D eigenvalue weighted by molar-refractivity contribution is 0.126. The van der Waals surface area contributed by atoms with Crippen LogP contribution < -0.4 is 10.6 Å². The first-order chi connectivity index (χ1) is 8.22. The minimum Gasteiger partial charge on any atom is -0.378 e. The van der Waals surface area contributed by atoms with E-state index in [1.807, 2.05) is 20.2 Å². The van der Waals surface area contributed by atoms with Crippen molar-refractivity contribution < 1.29 is 4.74 Å². The Balaban J connectivity index is 2.13. The second-order valence-corrected chi connectivity index (χ2v) is 3.86. The summed E-state index contributed by atoms with van der Waals surface area (Å²) in [5.74, 6) is 1.42. The fourth-order valence-electron chi connectivity index (χ4n) is 1.18. The highest BCUT2D eigenvalue weighted by atomic mass is 16.5. The van der Waals surface area contributed by atoms with Gasteiger partial charge < -0.3 is 20.3 Å². The van der Waals surface area contributed by atoms with Gasteiger partial charge in [-0.1, -0.05) is 0 Å². The Labute approximate surface area is 102 Å². The van der Waals surface area contributed by atoms with E-state index in [2.05, 4.69) is 25.5 Å². The molecule has 0 aliphatic carbocycles. The summed E-state index contributed by atoms with van der Waals surface area (Å²) in [5.41, 5.74) is 0. The molecule has 1 heterocycles. The SMILES string of the molecule is CNc1nccc(NCCOCCN(C)C)n1. The van der Waals surface area contributed by atoms with Crippen LogP contribution >= 0.6 is 0 Å². The molecular weight excluding hydrogens is 218 g/mol. The van der Waals surface area contributed by atoms with Gasteiger partial charge in [0.25, 0.3) is 0 Å². The third-order valence-corrected chi connectivity index (χ3v) is 2.11. The predicted molar refractivity (Wildman–Crippen MR) is 69.4 cm³/mol. The Hall–Kier alpha value is -1.40. The molecule has 1 aromatic rings. The molecule has 96 valence electrons. The summed E-state index contributed by atoms with van der Waals surface area (Å²) in [6.45, 7) is 3.11. The van der Waals surface area contributed by atoms with Crippen LogP contribution in [0.15, 0.2) is 12.3 Å². The third kappa shape index (κ3) is 6.03. The highest BCUT2D eigenvalue weighted by Gasteiger charge is 1.96. The molecule has 17 heavy (non-hydrogen) atoms. The van der Waals surface area contributed by atoms with Crippen molar-refractivity contribution in [3.8, 4) is 0 Å². The molecular formula is C11H21N5O. The molecule has 2 N–H and O–H groups in total. The van der Waals surface area contributed by atoms with Crippen molar-refractivity contribution in [3.05, 3.63) is 12.3 Å². The number of ether oxygens (including phenoxy) is 1. The molecule has 1 rings (SSSR count). The van der Waals surface area contributed by atoms with Gasteiger partial charge in [-0.25, -0.2) is 4.98 Å². The zero-order valence-electron chi connectivity index (χ0n) is 10.7. The molecule has 0 unspecified atom stereocenters. The molecule has 0 bridgehead atoms. The van der Waals surface area contributed by atoms with Crippen molar-refractivity contribution in [3.63, 3.8) is 0 Å². The molecule has 0 amide bonds. The Morgan fingerprint density at radius 1 is 1.35 bits per heavy atom. The summed E-state index contributed by atoms with van der Waals surface area (Å²) in [6, 6.07) is 1.83. The molecule has 0 aromatic carbocycles. The summed E-state index contributed by atoms with van der Waals surface area (Å²) in [5, 5.41) is 6.07. The van der Waals surface area contributed by atoms with Gasteiger partial charge in [0, 0.05) is 26.3 Å². The van der Waals surface area contributed by atoms with Gasteiger partial charge in [0.1, 0.15) is 5.82 Å². The average molecular weight is 239 g/mol. The second-order valence-electron chi connectivity index (χ2n) is 3.86. The van der Waals surface area contributed by atoms with Gasteiger partial charge in [-0.3, -0.25) is 0 Å². The standard InChI is InChI=1S/C11H21N5O/c1-12-11-14-5-4-10(15-11)13-6-8-17-9-7-16(2)3/h4-5H,6-9H2,1-3H3,(H2,12,13,14,15). The first-order valence-electron chi connectivity index (χ1n) is 5.69. The molecule has 6 heteroatoms. The monoisotopic (exact) mass is 239 g/mol. The molecule has 0 aliphatic rings. The first kappa shape index (κ1) is 13.7. The van der Waals surface area contributed by atoms with Gasteiger partial charge in [0.2, 0.25) is 5.95 Å².